The minimum absolute atomic E-state index is 0.0986. The number of anilines is 1. The molecule has 0 saturated heterocycles. The Morgan fingerprint density at radius 2 is 2.20 bits per heavy atom. The lowest BCUT2D eigenvalue weighted by Crippen LogP contribution is -2.40. The molecular weight excluding hydrogens is 426 g/mol. The number of hydrogen-bond donors (Lipinski definition) is 1. The summed E-state index contributed by atoms with van der Waals surface area (Å²) in [5.41, 5.74) is 1.51. The van der Waals surface area contributed by atoms with Crippen molar-refractivity contribution in [3.8, 4) is 0 Å². The average molecular weight is 450 g/mol. The van der Waals surface area contributed by atoms with Crippen molar-refractivity contribution in [3.63, 3.8) is 0 Å². The molecule has 1 N–H and O–H groups in total. The minimum atomic E-state index is -3.61. The Labute approximate surface area is 179 Å². The summed E-state index contributed by atoms with van der Waals surface area (Å²) in [6, 6.07) is 0. The summed E-state index contributed by atoms with van der Waals surface area (Å²) in [7, 11) is -3.61. The van der Waals surface area contributed by atoms with Crippen LogP contribution in [0.4, 0.5) is 5.00 Å². The molecule has 0 unspecified atom stereocenters. The summed E-state index contributed by atoms with van der Waals surface area (Å²) in [6.45, 7) is 4.39. The van der Waals surface area contributed by atoms with Gasteiger partial charge in [-0.15, -0.1) is 15.7 Å². The van der Waals surface area contributed by atoms with Crippen LogP contribution in [0, 0.1) is 5.92 Å². The van der Waals surface area contributed by atoms with E-state index in [9.17, 15) is 18.0 Å². The molecule has 30 heavy (non-hydrogen) atoms. The number of nitrogens with one attached hydrogen (secondary N) is 1. The fourth-order valence-electron chi connectivity index (χ4n) is 3.82. The Kier molecular flexibility index (Phi) is 5.54. The smallest absolute Gasteiger partial charge is 0.341 e. The fourth-order valence-corrected chi connectivity index (χ4v) is 6.20. The number of rotatable bonds is 4. The lowest BCUT2D eigenvalue weighted by molar-refractivity contribution is -0.112. The van der Waals surface area contributed by atoms with Gasteiger partial charge in [0.2, 0.25) is 0 Å². The third-order valence-corrected chi connectivity index (χ3v) is 7.64. The van der Waals surface area contributed by atoms with Crippen LogP contribution in [0.15, 0.2) is 28.3 Å². The number of carbonyl (C=O) groups excluding carboxylic acids is 2. The molecule has 2 aliphatic heterocycles. The highest BCUT2D eigenvalue weighted by Crippen LogP contribution is 2.40. The van der Waals surface area contributed by atoms with Crippen LogP contribution in [0.25, 0.3) is 0 Å². The van der Waals surface area contributed by atoms with E-state index in [0.717, 1.165) is 29.7 Å². The summed E-state index contributed by atoms with van der Waals surface area (Å²) in [5.74, 6) is -0.433. The molecule has 0 bridgehead atoms. The Hall–Kier alpha value is -2.46. The average Bonchev–Trinajstić information content (AvgIpc) is 3.03. The summed E-state index contributed by atoms with van der Waals surface area (Å²) in [4.78, 5) is 28.5. The molecule has 0 radical (unpaired) electrons. The molecule has 1 aromatic rings. The zero-order valence-electron chi connectivity index (χ0n) is 16.8. The predicted molar refractivity (Wildman–Crippen MR) is 115 cm³/mol. The van der Waals surface area contributed by atoms with E-state index in [-0.39, 0.29) is 30.3 Å². The summed E-state index contributed by atoms with van der Waals surface area (Å²) in [6.07, 6.45) is 7.50. The van der Waals surface area contributed by atoms with Gasteiger partial charge in [0.25, 0.3) is 15.9 Å². The van der Waals surface area contributed by atoms with Crippen molar-refractivity contribution in [2.24, 2.45) is 10.3 Å². The van der Waals surface area contributed by atoms with E-state index >= 15 is 0 Å². The van der Waals surface area contributed by atoms with Crippen molar-refractivity contribution in [1.82, 2.24) is 4.90 Å². The molecule has 160 valence electrons. The van der Waals surface area contributed by atoms with Gasteiger partial charge >= 0.3 is 5.97 Å². The Bertz CT molecular complexity index is 1100. The molecule has 1 aliphatic carbocycles. The van der Waals surface area contributed by atoms with Crippen LogP contribution < -0.4 is 5.32 Å². The third-order valence-electron chi connectivity index (χ3n) is 5.32. The summed E-state index contributed by atoms with van der Waals surface area (Å²) < 4.78 is 32.9. The molecule has 1 atom stereocenters. The first-order valence-corrected chi connectivity index (χ1v) is 12.3. The SMILES string of the molecule is CCOC(=O)c1c(NC(=O)C2=CC=CN3CCS(=O)(=O)N=C23)sc2c1CC[C@H](C)C2. The number of allylic oxidation sites excluding steroid dienone is 2. The molecule has 1 amide bonds. The van der Waals surface area contributed by atoms with Crippen LogP contribution >= 0.6 is 11.3 Å². The van der Waals surface area contributed by atoms with Gasteiger partial charge in [0.15, 0.2) is 5.84 Å². The standard InChI is InChI=1S/C20H23N3O5S2/c1-3-28-20(25)16-13-7-6-12(2)11-15(13)29-19(16)21-18(24)14-5-4-8-23-9-10-30(26,27)22-17(14)23/h4-5,8,12H,3,6-7,9-11H2,1-2H3,(H,21,24)/t12-/m0/s1. The molecule has 3 aliphatic rings. The fraction of sp³-hybridized carbons (Fsp3) is 0.450. The maximum atomic E-state index is 13.1. The predicted octanol–water partition coefficient (Wildman–Crippen LogP) is 2.49. The van der Waals surface area contributed by atoms with Crippen LogP contribution in [0.5, 0.6) is 0 Å². The van der Waals surface area contributed by atoms with Crippen LogP contribution in [0.2, 0.25) is 0 Å². The van der Waals surface area contributed by atoms with Crippen molar-refractivity contribution in [3.05, 3.63) is 39.9 Å². The van der Waals surface area contributed by atoms with Gasteiger partial charge in [0, 0.05) is 17.6 Å². The molecular formula is C20H23N3O5S2. The number of amidine groups is 1. The van der Waals surface area contributed by atoms with Gasteiger partial charge in [-0.2, -0.15) is 0 Å². The van der Waals surface area contributed by atoms with E-state index in [1.165, 1.54) is 17.4 Å². The largest absolute Gasteiger partial charge is 0.462 e. The normalized spacial score (nSPS) is 21.8. The number of amides is 1. The second kappa shape index (κ2) is 7.99. The van der Waals surface area contributed by atoms with E-state index in [2.05, 4.69) is 16.6 Å². The molecule has 0 saturated carbocycles. The van der Waals surface area contributed by atoms with Gasteiger partial charge in [0.1, 0.15) is 5.00 Å². The lowest BCUT2D eigenvalue weighted by atomic mass is 9.88. The molecule has 10 heteroatoms. The Morgan fingerprint density at radius 1 is 1.40 bits per heavy atom. The van der Waals surface area contributed by atoms with E-state index in [0.29, 0.717) is 16.5 Å². The second-order valence-corrected chi connectivity index (χ2v) is 10.4. The van der Waals surface area contributed by atoms with Gasteiger partial charge in [-0.3, -0.25) is 4.79 Å². The van der Waals surface area contributed by atoms with Gasteiger partial charge in [-0.1, -0.05) is 6.92 Å². The minimum Gasteiger partial charge on any atom is -0.462 e. The number of nitrogens with zero attached hydrogens (tertiary/aromatic N) is 2. The van der Waals surface area contributed by atoms with E-state index in [4.69, 9.17) is 4.74 Å². The zero-order valence-corrected chi connectivity index (χ0v) is 18.4. The molecule has 0 spiro atoms. The Balaban J connectivity index is 1.68. The molecule has 0 fully saturated rings. The number of hydrogen-bond acceptors (Lipinski definition) is 7. The first-order valence-electron chi connectivity index (χ1n) is 9.90. The van der Waals surface area contributed by atoms with Crippen LogP contribution in [-0.2, 0) is 32.4 Å². The topological polar surface area (TPSA) is 105 Å². The van der Waals surface area contributed by atoms with E-state index in [1.807, 2.05) is 0 Å². The van der Waals surface area contributed by atoms with Gasteiger partial charge < -0.3 is 15.0 Å². The number of ether oxygens (including phenoxy) is 1. The maximum Gasteiger partial charge on any atom is 0.341 e. The van der Waals surface area contributed by atoms with Crippen LogP contribution in [0.1, 0.15) is 41.1 Å². The second-order valence-electron chi connectivity index (χ2n) is 7.55. The highest BCUT2D eigenvalue weighted by Gasteiger charge is 2.33. The van der Waals surface area contributed by atoms with Crippen molar-refractivity contribution < 1.29 is 22.7 Å². The zero-order chi connectivity index (χ0) is 21.5. The third kappa shape index (κ3) is 3.93. The lowest BCUT2D eigenvalue weighted by Gasteiger charge is -2.28. The molecule has 1 aromatic heterocycles. The first kappa shape index (κ1) is 20.8. The Morgan fingerprint density at radius 3 is 2.97 bits per heavy atom. The van der Waals surface area contributed by atoms with Crippen molar-refractivity contribution >= 4 is 44.1 Å². The highest BCUT2D eigenvalue weighted by atomic mass is 32.2. The van der Waals surface area contributed by atoms with Crippen molar-refractivity contribution in [2.75, 3.05) is 24.2 Å². The molecule has 0 aromatic carbocycles. The molecule has 3 heterocycles. The van der Waals surface area contributed by atoms with Gasteiger partial charge in [-0.25, -0.2) is 13.2 Å². The van der Waals surface area contributed by atoms with Crippen LogP contribution in [-0.4, -0.2) is 49.9 Å². The summed E-state index contributed by atoms with van der Waals surface area (Å²) >= 11 is 1.39. The molecule has 8 nitrogen and oxygen atoms in total. The molecule has 4 rings (SSSR count). The first-order chi connectivity index (χ1) is 14.3. The number of carbonyl (C=O) groups is 2. The van der Waals surface area contributed by atoms with E-state index in [1.54, 1.807) is 24.1 Å². The quantitative estimate of drug-likeness (QED) is 0.708. The van der Waals surface area contributed by atoms with Crippen molar-refractivity contribution in [2.45, 2.75) is 33.1 Å². The maximum absolute atomic E-state index is 13.1. The number of fused-ring (bicyclic) bond motifs is 2. The highest BCUT2D eigenvalue weighted by molar-refractivity contribution is 7.90. The van der Waals surface area contributed by atoms with Crippen LogP contribution in [0.3, 0.4) is 0 Å². The number of sulfonamides is 1. The van der Waals surface area contributed by atoms with Crippen molar-refractivity contribution in [1.29, 1.82) is 0 Å². The number of esters is 1. The monoisotopic (exact) mass is 449 g/mol. The van der Waals surface area contributed by atoms with Gasteiger partial charge in [-0.05, 0) is 49.8 Å². The van der Waals surface area contributed by atoms with E-state index < -0.39 is 21.9 Å². The van der Waals surface area contributed by atoms with Gasteiger partial charge in [0.05, 0.1) is 23.5 Å². The summed E-state index contributed by atoms with van der Waals surface area (Å²) in [5, 5.41) is 3.27. The number of thiophene rings is 1.